The minimum Gasteiger partial charge on any atom is -0.490 e. The van der Waals surface area contributed by atoms with Crippen molar-refractivity contribution in [3.63, 3.8) is 0 Å². The number of rotatable bonds is 3. The predicted molar refractivity (Wildman–Crippen MR) is 107 cm³/mol. The lowest BCUT2D eigenvalue weighted by Gasteiger charge is -2.41. The number of fused-ring (bicyclic) bond motifs is 1. The first-order valence-electron chi connectivity index (χ1n) is 10.3. The molecule has 1 aliphatic carbocycles. The van der Waals surface area contributed by atoms with Gasteiger partial charge in [0.05, 0.1) is 23.9 Å². The zero-order valence-corrected chi connectivity index (χ0v) is 16.8. The second-order valence-corrected chi connectivity index (χ2v) is 9.29. The summed E-state index contributed by atoms with van der Waals surface area (Å²) in [5.74, 6) is 0.813. The fourth-order valence-corrected chi connectivity index (χ4v) is 4.59. The van der Waals surface area contributed by atoms with Crippen LogP contribution in [0.2, 0.25) is 0 Å². The van der Waals surface area contributed by atoms with Gasteiger partial charge in [-0.1, -0.05) is 13.8 Å². The van der Waals surface area contributed by atoms with Crippen molar-refractivity contribution in [1.82, 2.24) is 5.32 Å². The Kier molecular flexibility index (Phi) is 4.83. The first-order chi connectivity index (χ1) is 12.9. The Hall–Kier alpha value is -1.75. The number of nitrogens with one attached hydrogen (secondary N) is 1. The molecule has 1 unspecified atom stereocenters. The molecule has 27 heavy (non-hydrogen) atoms. The highest BCUT2D eigenvalue weighted by molar-refractivity contribution is 5.95. The van der Waals surface area contributed by atoms with Crippen LogP contribution in [0.4, 0.5) is 5.69 Å². The summed E-state index contributed by atoms with van der Waals surface area (Å²) < 4.78 is 12.1. The van der Waals surface area contributed by atoms with Crippen LogP contribution in [0.5, 0.6) is 5.75 Å². The van der Waals surface area contributed by atoms with Crippen molar-refractivity contribution in [3.05, 3.63) is 23.8 Å². The van der Waals surface area contributed by atoms with E-state index >= 15 is 0 Å². The largest absolute Gasteiger partial charge is 0.490 e. The first-order valence-corrected chi connectivity index (χ1v) is 10.3. The molecule has 0 radical (unpaired) electrons. The number of carbonyl (C=O) groups is 1. The number of anilines is 1. The normalized spacial score (nSPS) is 25.7. The lowest BCUT2D eigenvalue weighted by atomic mass is 9.70. The molecule has 1 spiro atoms. The van der Waals surface area contributed by atoms with Crippen LogP contribution in [-0.2, 0) is 4.74 Å². The molecular weight excluding hydrogens is 340 g/mol. The standard InChI is InChI=1S/C22H32N2O3/c1-21(2)8-10-22(11-9-21)7-6-17(27-22)15-23-20(25)16-4-5-19-18(14-16)24(3)12-13-26-19/h4-5,14,17H,6-13,15H2,1-3H3,(H,23,25). The highest BCUT2D eigenvalue weighted by atomic mass is 16.5. The van der Waals surface area contributed by atoms with E-state index in [4.69, 9.17) is 9.47 Å². The van der Waals surface area contributed by atoms with Gasteiger partial charge in [0.25, 0.3) is 5.91 Å². The van der Waals surface area contributed by atoms with Crippen LogP contribution in [0, 0.1) is 5.41 Å². The molecule has 4 rings (SSSR count). The Labute approximate surface area is 162 Å². The fraction of sp³-hybridized carbons (Fsp3) is 0.682. The van der Waals surface area contributed by atoms with Gasteiger partial charge < -0.3 is 19.7 Å². The molecule has 148 valence electrons. The zero-order chi connectivity index (χ0) is 19.1. The molecule has 1 aromatic rings. The van der Waals surface area contributed by atoms with Crippen LogP contribution >= 0.6 is 0 Å². The second-order valence-electron chi connectivity index (χ2n) is 9.29. The molecule has 2 aliphatic heterocycles. The summed E-state index contributed by atoms with van der Waals surface area (Å²) in [4.78, 5) is 14.7. The highest BCUT2D eigenvalue weighted by Gasteiger charge is 2.44. The fourth-order valence-electron chi connectivity index (χ4n) is 4.59. The van der Waals surface area contributed by atoms with Crippen molar-refractivity contribution in [2.45, 2.75) is 64.1 Å². The summed E-state index contributed by atoms with van der Waals surface area (Å²) in [5.41, 5.74) is 2.18. The Morgan fingerprint density at radius 2 is 2.00 bits per heavy atom. The number of nitrogens with zero attached hydrogens (tertiary/aromatic N) is 1. The van der Waals surface area contributed by atoms with Gasteiger partial charge in [-0.05, 0) is 62.1 Å². The second kappa shape index (κ2) is 7.01. The monoisotopic (exact) mass is 372 g/mol. The molecule has 5 heteroatoms. The van der Waals surface area contributed by atoms with Gasteiger partial charge in [0, 0.05) is 19.2 Å². The van der Waals surface area contributed by atoms with Gasteiger partial charge in [0.2, 0.25) is 0 Å². The van der Waals surface area contributed by atoms with Gasteiger partial charge >= 0.3 is 0 Å². The summed E-state index contributed by atoms with van der Waals surface area (Å²) in [6, 6.07) is 5.66. The Bertz CT molecular complexity index is 706. The molecule has 3 aliphatic rings. The number of amides is 1. The van der Waals surface area contributed by atoms with Crippen LogP contribution in [0.25, 0.3) is 0 Å². The van der Waals surface area contributed by atoms with E-state index in [0.717, 1.165) is 43.7 Å². The third kappa shape index (κ3) is 3.93. The van der Waals surface area contributed by atoms with E-state index in [1.165, 1.54) is 12.8 Å². The number of hydrogen-bond acceptors (Lipinski definition) is 4. The van der Waals surface area contributed by atoms with Crippen LogP contribution in [-0.4, -0.2) is 44.4 Å². The summed E-state index contributed by atoms with van der Waals surface area (Å²) in [7, 11) is 2.03. The molecule has 5 nitrogen and oxygen atoms in total. The third-order valence-corrected chi connectivity index (χ3v) is 6.66. The molecule has 1 saturated heterocycles. The predicted octanol–water partition coefficient (Wildman–Crippen LogP) is 3.76. The molecule has 1 saturated carbocycles. The maximum Gasteiger partial charge on any atom is 0.251 e. The van der Waals surface area contributed by atoms with E-state index in [0.29, 0.717) is 24.1 Å². The molecule has 2 fully saturated rings. The summed E-state index contributed by atoms with van der Waals surface area (Å²) >= 11 is 0. The molecule has 2 heterocycles. The van der Waals surface area contributed by atoms with Crippen LogP contribution in [0.3, 0.4) is 0 Å². The highest BCUT2D eigenvalue weighted by Crippen LogP contribution is 2.47. The van der Waals surface area contributed by atoms with E-state index in [1.54, 1.807) is 0 Å². The summed E-state index contributed by atoms with van der Waals surface area (Å²) in [5, 5.41) is 3.08. The lowest BCUT2D eigenvalue weighted by Crippen LogP contribution is -2.39. The molecular formula is C22H32N2O3. The van der Waals surface area contributed by atoms with Gasteiger partial charge in [0.1, 0.15) is 12.4 Å². The molecule has 1 aromatic carbocycles. The van der Waals surface area contributed by atoms with Gasteiger partial charge in [-0.25, -0.2) is 0 Å². The quantitative estimate of drug-likeness (QED) is 0.878. The average Bonchev–Trinajstić information content (AvgIpc) is 3.06. The van der Waals surface area contributed by atoms with Gasteiger partial charge in [-0.2, -0.15) is 0 Å². The van der Waals surface area contributed by atoms with Crippen LogP contribution < -0.4 is 15.0 Å². The molecule has 1 amide bonds. The third-order valence-electron chi connectivity index (χ3n) is 6.66. The number of hydrogen-bond donors (Lipinski definition) is 1. The summed E-state index contributed by atoms with van der Waals surface area (Å²) in [6.45, 7) is 6.83. The summed E-state index contributed by atoms with van der Waals surface area (Å²) in [6.07, 6.45) is 7.09. The molecule has 1 N–H and O–H groups in total. The van der Waals surface area contributed by atoms with Gasteiger partial charge in [0.15, 0.2) is 0 Å². The number of likely N-dealkylation sites (N-methyl/N-ethyl adjacent to an activating group) is 1. The molecule has 0 bridgehead atoms. The van der Waals surface area contributed by atoms with Crippen LogP contribution in [0.1, 0.15) is 62.7 Å². The maximum absolute atomic E-state index is 12.6. The smallest absolute Gasteiger partial charge is 0.251 e. The van der Waals surface area contributed by atoms with Crippen molar-refractivity contribution in [3.8, 4) is 5.75 Å². The SMILES string of the molecule is CN1CCOc2ccc(C(=O)NCC3CCC4(CCC(C)(C)CC4)O3)cc21. The number of carbonyl (C=O) groups excluding carboxylic acids is 1. The van der Waals surface area contributed by atoms with Crippen molar-refractivity contribution < 1.29 is 14.3 Å². The average molecular weight is 373 g/mol. The Morgan fingerprint density at radius 3 is 2.78 bits per heavy atom. The number of ether oxygens (including phenoxy) is 2. The van der Waals surface area contributed by atoms with E-state index < -0.39 is 0 Å². The van der Waals surface area contributed by atoms with E-state index in [1.807, 2.05) is 25.2 Å². The van der Waals surface area contributed by atoms with Crippen molar-refractivity contribution >= 4 is 11.6 Å². The van der Waals surface area contributed by atoms with Crippen molar-refractivity contribution in [1.29, 1.82) is 0 Å². The minimum atomic E-state index is -0.0360. The minimum absolute atomic E-state index is 0.0360. The molecule has 0 aromatic heterocycles. The van der Waals surface area contributed by atoms with Gasteiger partial charge in [-0.3, -0.25) is 4.79 Å². The van der Waals surface area contributed by atoms with Crippen molar-refractivity contribution in [2.24, 2.45) is 5.41 Å². The zero-order valence-electron chi connectivity index (χ0n) is 16.8. The van der Waals surface area contributed by atoms with E-state index in [9.17, 15) is 4.79 Å². The van der Waals surface area contributed by atoms with Crippen molar-refractivity contribution in [2.75, 3.05) is 31.6 Å². The molecule has 1 atom stereocenters. The van der Waals surface area contributed by atoms with Crippen LogP contribution in [0.15, 0.2) is 18.2 Å². The van der Waals surface area contributed by atoms with E-state index in [-0.39, 0.29) is 17.6 Å². The van der Waals surface area contributed by atoms with E-state index in [2.05, 4.69) is 24.1 Å². The topological polar surface area (TPSA) is 50.8 Å². The Morgan fingerprint density at radius 1 is 1.22 bits per heavy atom. The Balaban J connectivity index is 1.32. The maximum atomic E-state index is 12.6. The first kappa shape index (κ1) is 18.6. The lowest BCUT2D eigenvalue weighted by molar-refractivity contribution is -0.0789. The number of benzene rings is 1. The van der Waals surface area contributed by atoms with Gasteiger partial charge in [-0.15, -0.1) is 0 Å².